The first-order valence-electron chi connectivity index (χ1n) is 3.95. The van der Waals surface area contributed by atoms with Crippen LogP contribution in [0.5, 0.6) is 0 Å². The first-order chi connectivity index (χ1) is 6.77. The highest BCUT2D eigenvalue weighted by Gasteiger charge is 2.13. The Labute approximate surface area is 80.0 Å². The predicted octanol–water partition coefficient (Wildman–Crippen LogP) is -1.66. The molecular weight excluding hydrogens is 183 g/mol. The minimum Gasteiger partial charge on any atom is -0.423 e. The first kappa shape index (κ1) is 8.85. The molecule has 14 heavy (non-hydrogen) atoms. The van der Waals surface area contributed by atoms with Crippen LogP contribution < -0.4 is 5.46 Å². The molecule has 0 fully saturated rings. The molecule has 2 aromatic rings. The van der Waals surface area contributed by atoms with Gasteiger partial charge in [0.25, 0.3) is 0 Å². The fourth-order valence-corrected chi connectivity index (χ4v) is 0.989. The lowest BCUT2D eigenvalue weighted by atomic mass is 9.83. The molecule has 2 aromatic heterocycles. The van der Waals surface area contributed by atoms with E-state index in [0.717, 1.165) is 0 Å². The first-order valence-corrected chi connectivity index (χ1v) is 3.95. The molecule has 0 atom stereocenters. The monoisotopic (exact) mass is 190 g/mol. The minimum atomic E-state index is -1.52. The SMILES string of the molecule is OB(O)c1cnn(-c2ncccn2)c1. The second kappa shape index (κ2) is 3.56. The number of rotatable bonds is 2. The number of hydrogen-bond donors (Lipinski definition) is 2. The van der Waals surface area contributed by atoms with Crippen LogP contribution in [-0.2, 0) is 0 Å². The third-order valence-electron chi connectivity index (χ3n) is 1.66. The maximum absolute atomic E-state index is 8.85. The van der Waals surface area contributed by atoms with Crippen molar-refractivity contribution in [3.63, 3.8) is 0 Å². The lowest BCUT2D eigenvalue weighted by Gasteiger charge is -1.96. The Morgan fingerprint density at radius 3 is 2.50 bits per heavy atom. The standard InChI is InChI=1S/C7H7BN4O2/c13-8(14)6-4-11-12(5-6)7-9-2-1-3-10-7/h1-5,13-14H. The van der Waals surface area contributed by atoms with E-state index in [-0.39, 0.29) is 0 Å². The van der Waals surface area contributed by atoms with E-state index in [1.165, 1.54) is 17.1 Å². The molecule has 2 heterocycles. The van der Waals surface area contributed by atoms with E-state index in [4.69, 9.17) is 10.0 Å². The molecule has 0 amide bonds. The van der Waals surface area contributed by atoms with Crippen molar-refractivity contribution in [2.75, 3.05) is 0 Å². The quantitative estimate of drug-likeness (QED) is 0.553. The van der Waals surface area contributed by atoms with Gasteiger partial charge in [0.2, 0.25) is 5.95 Å². The van der Waals surface area contributed by atoms with Crippen molar-refractivity contribution in [3.05, 3.63) is 30.9 Å². The summed E-state index contributed by atoms with van der Waals surface area (Å²) in [7, 11) is -1.52. The summed E-state index contributed by atoms with van der Waals surface area (Å²) in [6.07, 6.45) is 5.97. The van der Waals surface area contributed by atoms with Crippen molar-refractivity contribution in [2.45, 2.75) is 0 Å². The molecule has 6 nitrogen and oxygen atoms in total. The van der Waals surface area contributed by atoms with Gasteiger partial charge in [-0.15, -0.1) is 0 Å². The van der Waals surface area contributed by atoms with Gasteiger partial charge < -0.3 is 10.0 Å². The van der Waals surface area contributed by atoms with E-state index in [1.807, 2.05) is 0 Å². The molecule has 0 aliphatic carbocycles. The molecule has 0 aliphatic rings. The molecule has 0 spiro atoms. The second-order valence-corrected chi connectivity index (χ2v) is 2.64. The fraction of sp³-hybridized carbons (Fsp3) is 0. The van der Waals surface area contributed by atoms with Crippen molar-refractivity contribution in [2.24, 2.45) is 0 Å². The van der Waals surface area contributed by atoms with Gasteiger partial charge in [-0.1, -0.05) is 0 Å². The van der Waals surface area contributed by atoms with Crippen molar-refractivity contribution in [3.8, 4) is 5.95 Å². The Kier molecular flexibility index (Phi) is 2.25. The average molecular weight is 190 g/mol. The molecule has 7 heteroatoms. The fourth-order valence-electron chi connectivity index (χ4n) is 0.989. The highest BCUT2D eigenvalue weighted by Crippen LogP contribution is 1.94. The second-order valence-electron chi connectivity index (χ2n) is 2.64. The average Bonchev–Trinajstić information content (AvgIpc) is 2.68. The smallest absolute Gasteiger partial charge is 0.423 e. The van der Waals surface area contributed by atoms with E-state index in [1.54, 1.807) is 18.5 Å². The zero-order valence-corrected chi connectivity index (χ0v) is 7.15. The topological polar surface area (TPSA) is 84.1 Å². The van der Waals surface area contributed by atoms with Gasteiger partial charge in [-0.3, -0.25) is 0 Å². The van der Waals surface area contributed by atoms with Crippen molar-refractivity contribution < 1.29 is 10.0 Å². The van der Waals surface area contributed by atoms with Gasteiger partial charge in [0, 0.05) is 30.3 Å². The maximum Gasteiger partial charge on any atom is 0.491 e. The highest BCUT2D eigenvalue weighted by atomic mass is 16.4. The van der Waals surface area contributed by atoms with Crippen molar-refractivity contribution in [1.29, 1.82) is 0 Å². The molecule has 0 aromatic carbocycles. The maximum atomic E-state index is 8.85. The molecule has 0 aliphatic heterocycles. The van der Waals surface area contributed by atoms with E-state index >= 15 is 0 Å². The van der Waals surface area contributed by atoms with Crippen molar-refractivity contribution >= 4 is 12.6 Å². The summed E-state index contributed by atoms with van der Waals surface area (Å²) in [5.74, 6) is 0.388. The van der Waals surface area contributed by atoms with Crippen LogP contribution in [0.15, 0.2) is 30.9 Å². The Balaban J connectivity index is 2.34. The third-order valence-corrected chi connectivity index (χ3v) is 1.66. The van der Waals surface area contributed by atoms with Crippen LogP contribution in [0, 0.1) is 0 Å². The van der Waals surface area contributed by atoms with Gasteiger partial charge in [0.15, 0.2) is 0 Å². The summed E-state index contributed by atoms with van der Waals surface area (Å²) in [5.41, 5.74) is 0.303. The zero-order chi connectivity index (χ0) is 9.97. The zero-order valence-electron chi connectivity index (χ0n) is 7.15. The molecule has 0 saturated carbocycles. The summed E-state index contributed by atoms with van der Waals surface area (Å²) in [6, 6.07) is 1.69. The molecule has 0 radical (unpaired) electrons. The van der Waals surface area contributed by atoms with Crippen LogP contribution >= 0.6 is 0 Å². The summed E-state index contributed by atoms with van der Waals surface area (Å²) in [6.45, 7) is 0. The predicted molar refractivity (Wildman–Crippen MR) is 49.0 cm³/mol. The Bertz CT molecular complexity index is 417. The van der Waals surface area contributed by atoms with E-state index in [2.05, 4.69) is 15.1 Å². The molecule has 2 N–H and O–H groups in total. The number of hydrogen-bond acceptors (Lipinski definition) is 5. The summed E-state index contributed by atoms with van der Waals surface area (Å²) in [5, 5.41) is 21.6. The molecule has 2 rings (SSSR count). The number of nitrogens with zero attached hydrogens (tertiary/aromatic N) is 4. The summed E-state index contributed by atoms with van der Waals surface area (Å²) < 4.78 is 1.37. The number of aromatic nitrogens is 4. The Hall–Kier alpha value is -1.73. The minimum absolute atomic E-state index is 0.303. The Morgan fingerprint density at radius 2 is 1.93 bits per heavy atom. The van der Waals surface area contributed by atoms with Crippen molar-refractivity contribution in [1.82, 2.24) is 19.7 Å². The normalized spacial score (nSPS) is 10.1. The van der Waals surface area contributed by atoms with Crippen LogP contribution in [0.1, 0.15) is 0 Å². The van der Waals surface area contributed by atoms with E-state index in [9.17, 15) is 0 Å². The van der Waals surface area contributed by atoms with Crippen LogP contribution in [0.4, 0.5) is 0 Å². The Morgan fingerprint density at radius 1 is 1.21 bits per heavy atom. The van der Waals surface area contributed by atoms with E-state index in [0.29, 0.717) is 11.4 Å². The van der Waals surface area contributed by atoms with E-state index < -0.39 is 7.12 Å². The van der Waals surface area contributed by atoms with Crippen LogP contribution in [0.25, 0.3) is 5.95 Å². The lowest BCUT2D eigenvalue weighted by molar-refractivity contribution is 0.426. The van der Waals surface area contributed by atoms with Gasteiger partial charge in [0.05, 0.1) is 0 Å². The molecule has 0 unspecified atom stereocenters. The van der Waals surface area contributed by atoms with Gasteiger partial charge in [-0.05, 0) is 6.07 Å². The van der Waals surface area contributed by atoms with Gasteiger partial charge >= 0.3 is 7.12 Å². The molecule has 0 saturated heterocycles. The van der Waals surface area contributed by atoms with Crippen LogP contribution in [0.2, 0.25) is 0 Å². The van der Waals surface area contributed by atoms with Gasteiger partial charge in [0.1, 0.15) is 0 Å². The highest BCUT2D eigenvalue weighted by molar-refractivity contribution is 6.58. The van der Waals surface area contributed by atoms with Crippen LogP contribution in [-0.4, -0.2) is 36.9 Å². The third kappa shape index (κ3) is 1.63. The lowest BCUT2D eigenvalue weighted by Crippen LogP contribution is -2.28. The summed E-state index contributed by atoms with van der Waals surface area (Å²) in [4.78, 5) is 7.90. The molecule has 70 valence electrons. The molecule has 0 bridgehead atoms. The van der Waals surface area contributed by atoms with Gasteiger partial charge in [-0.25, -0.2) is 14.6 Å². The van der Waals surface area contributed by atoms with Gasteiger partial charge in [-0.2, -0.15) is 5.10 Å². The summed E-state index contributed by atoms with van der Waals surface area (Å²) >= 11 is 0. The largest absolute Gasteiger partial charge is 0.491 e. The van der Waals surface area contributed by atoms with Crippen LogP contribution in [0.3, 0.4) is 0 Å². The molecular formula is C7H7BN4O2.